The lowest BCUT2D eigenvalue weighted by Gasteiger charge is -2.11. The molecule has 0 heterocycles. The smallest absolute Gasteiger partial charge is 0.246 e. The van der Waals surface area contributed by atoms with Gasteiger partial charge in [-0.05, 0) is 37.5 Å². The standard InChI is InChI=1S/C17H28N4O2.HI/c1-4-14-8-6-9-15(12-14)21-16(22)13-20-17(18-5-2)19-10-7-11-23-3;/h6,8-9,12H,4-5,7,10-11,13H2,1-3H3,(H,21,22)(H2,18,19,20);1H. The number of hydrogen-bond acceptors (Lipinski definition) is 3. The van der Waals surface area contributed by atoms with Crippen molar-refractivity contribution >= 4 is 41.5 Å². The molecular formula is C17H29IN4O2. The number of nitrogens with one attached hydrogen (secondary N) is 3. The highest BCUT2D eigenvalue weighted by Crippen LogP contribution is 2.10. The molecule has 1 amide bonds. The molecule has 0 unspecified atom stereocenters. The van der Waals surface area contributed by atoms with Gasteiger partial charge >= 0.3 is 0 Å². The first-order chi connectivity index (χ1) is 11.2. The van der Waals surface area contributed by atoms with E-state index in [9.17, 15) is 4.79 Å². The molecule has 0 aromatic heterocycles. The average Bonchev–Trinajstić information content (AvgIpc) is 2.56. The molecule has 0 saturated heterocycles. The molecule has 0 atom stereocenters. The Bertz CT molecular complexity index is 509. The maximum atomic E-state index is 12.0. The molecule has 0 bridgehead atoms. The molecule has 1 aromatic rings. The molecule has 0 aliphatic carbocycles. The number of anilines is 1. The van der Waals surface area contributed by atoms with Crippen LogP contribution in [0.4, 0.5) is 5.69 Å². The fraction of sp³-hybridized carbons (Fsp3) is 0.529. The number of hydrogen-bond donors (Lipinski definition) is 3. The monoisotopic (exact) mass is 448 g/mol. The van der Waals surface area contributed by atoms with Crippen molar-refractivity contribution < 1.29 is 9.53 Å². The minimum atomic E-state index is -0.132. The third-order valence-electron chi connectivity index (χ3n) is 3.16. The highest BCUT2D eigenvalue weighted by Gasteiger charge is 2.03. The van der Waals surface area contributed by atoms with E-state index < -0.39 is 0 Å². The number of aryl methyl sites for hydroxylation is 1. The maximum absolute atomic E-state index is 12.0. The molecule has 7 heteroatoms. The van der Waals surface area contributed by atoms with Crippen LogP contribution in [-0.4, -0.2) is 45.2 Å². The Morgan fingerprint density at radius 3 is 2.71 bits per heavy atom. The number of rotatable bonds is 9. The maximum Gasteiger partial charge on any atom is 0.246 e. The fourth-order valence-electron chi connectivity index (χ4n) is 1.99. The number of carbonyl (C=O) groups is 1. The zero-order valence-electron chi connectivity index (χ0n) is 14.7. The lowest BCUT2D eigenvalue weighted by molar-refractivity contribution is -0.114. The first-order valence-corrected chi connectivity index (χ1v) is 8.09. The van der Waals surface area contributed by atoms with Crippen LogP contribution in [0.25, 0.3) is 0 Å². The summed E-state index contributed by atoms with van der Waals surface area (Å²) in [7, 11) is 1.68. The number of carbonyl (C=O) groups excluding carboxylic acids is 1. The quantitative estimate of drug-likeness (QED) is 0.235. The Labute approximate surface area is 161 Å². The van der Waals surface area contributed by atoms with Crippen LogP contribution < -0.4 is 16.0 Å². The van der Waals surface area contributed by atoms with E-state index in [1.807, 2.05) is 31.2 Å². The summed E-state index contributed by atoms with van der Waals surface area (Å²) in [6.45, 7) is 6.35. The number of methoxy groups -OCH3 is 1. The van der Waals surface area contributed by atoms with Crippen LogP contribution in [0.5, 0.6) is 0 Å². The summed E-state index contributed by atoms with van der Waals surface area (Å²) in [5.41, 5.74) is 2.00. The molecule has 0 fully saturated rings. The van der Waals surface area contributed by atoms with E-state index >= 15 is 0 Å². The summed E-state index contributed by atoms with van der Waals surface area (Å²) in [4.78, 5) is 16.3. The van der Waals surface area contributed by atoms with E-state index in [4.69, 9.17) is 4.74 Å². The number of ether oxygens (including phenoxy) is 1. The van der Waals surface area contributed by atoms with Crippen LogP contribution in [-0.2, 0) is 16.0 Å². The van der Waals surface area contributed by atoms with Gasteiger partial charge in [-0.2, -0.15) is 0 Å². The van der Waals surface area contributed by atoms with E-state index in [-0.39, 0.29) is 36.4 Å². The molecule has 0 aliphatic heterocycles. The van der Waals surface area contributed by atoms with Crippen LogP contribution in [0.1, 0.15) is 25.8 Å². The van der Waals surface area contributed by atoms with E-state index in [1.54, 1.807) is 7.11 Å². The SMILES string of the molecule is CCNC(=NCC(=O)Nc1cccc(CC)c1)NCCCOC.I. The topological polar surface area (TPSA) is 74.8 Å². The van der Waals surface area contributed by atoms with Crippen molar-refractivity contribution in [3.05, 3.63) is 29.8 Å². The van der Waals surface area contributed by atoms with Crippen LogP contribution in [0.2, 0.25) is 0 Å². The van der Waals surface area contributed by atoms with Gasteiger partial charge in [-0.3, -0.25) is 4.79 Å². The molecule has 1 aromatic carbocycles. The summed E-state index contributed by atoms with van der Waals surface area (Å²) < 4.78 is 5.00. The van der Waals surface area contributed by atoms with Gasteiger partial charge in [0.2, 0.25) is 5.91 Å². The van der Waals surface area contributed by atoms with Crippen molar-refractivity contribution in [3.63, 3.8) is 0 Å². The number of amides is 1. The van der Waals surface area contributed by atoms with E-state index in [0.29, 0.717) is 12.6 Å². The zero-order valence-corrected chi connectivity index (χ0v) is 17.1. The summed E-state index contributed by atoms with van der Waals surface area (Å²) in [6.07, 6.45) is 1.83. The third-order valence-corrected chi connectivity index (χ3v) is 3.16. The van der Waals surface area contributed by atoms with Crippen molar-refractivity contribution in [3.8, 4) is 0 Å². The van der Waals surface area contributed by atoms with Gasteiger partial charge in [0.1, 0.15) is 6.54 Å². The van der Waals surface area contributed by atoms with Crippen LogP contribution in [0.3, 0.4) is 0 Å². The van der Waals surface area contributed by atoms with Gasteiger partial charge in [0.05, 0.1) is 0 Å². The Balaban J connectivity index is 0.00000529. The molecule has 3 N–H and O–H groups in total. The van der Waals surface area contributed by atoms with E-state index in [2.05, 4.69) is 27.9 Å². The zero-order chi connectivity index (χ0) is 16.9. The van der Waals surface area contributed by atoms with E-state index in [1.165, 1.54) is 5.56 Å². The number of nitrogens with zero attached hydrogens (tertiary/aromatic N) is 1. The molecule has 0 aliphatic rings. The number of guanidine groups is 1. The van der Waals surface area contributed by atoms with Crippen LogP contribution in [0.15, 0.2) is 29.3 Å². The summed E-state index contributed by atoms with van der Waals surface area (Å²) >= 11 is 0. The highest BCUT2D eigenvalue weighted by molar-refractivity contribution is 14.0. The number of benzene rings is 1. The fourth-order valence-corrected chi connectivity index (χ4v) is 1.99. The van der Waals surface area contributed by atoms with Gasteiger partial charge in [0.25, 0.3) is 0 Å². The Morgan fingerprint density at radius 1 is 1.25 bits per heavy atom. The summed E-state index contributed by atoms with van der Waals surface area (Å²) in [5, 5.41) is 9.16. The number of aliphatic imine (C=N–C) groups is 1. The molecule has 136 valence electrons. The second kappa shape index (κ2) is 14.0. The van der Waals surface area contributed by atoms with Crippen molar-refractivity contribution in [2.75, 3.05) is 38.7 Å². The minimum absolute atomic E-state index is 0. The molecule has 0 spiro atoms. The highest BCUT2D eigenvalue weighted by atomic mass is 127. The van der Waals surface area contributed by atoms with E-state index in [0.717, 1.165) is 31.6 Å². The Morgan fingerprint density at radius 2 is 2.04 bits per heavy atom. The molecular weight excluding hydrogens is 419 g/mol. The van der Waals surface area contributed by atoms with Crippen molar-refractivity contribution in [1.29, 1.82) is 0 Å². The van der Waals surface area contributed by atoms with Gasteiger partial charge in [0.15, 0.2) is 5.96 Å². The minimum Gasteiger partial charge on any atom is -0.385 e. The average molecular weight is 448 g/mol. The lowest BCUT2D eigenvalue weighted by Crippen LogP contribution is -2.38. The predicted molar refractivity (Wildman–Crippen MR) is 110 cm³/mol. The van der Waals surface area contributed by atoms with Gasteiger partial charge in [-0.1, -0.05) is 19.1 Å². The first-order valence-electron chi connectivity index (χ1n) is 8.09. The third kappa shape index (κ3) is 9.71. The lowest BCUT2D eigenvalue weighted by atomic mass is 10.1. The molecule has 24 heavy (non-hydrogen) atoms. The predicted octanol–water partition coefficient (Wildman–Crippen LogP) is 2.40. The van der Waals surface area contributed by atoms with Crippen molar-refractivity contribution in [1.82, 2.24) is 10.6 Å². The van der Waals surface area contributed by atoms with Crippen LogP contribution >= 0.6 is 24.0 Å². The Kier molecular flexibility index (Phi) is 13.2. The van der Waals surface area contributed by atoms with Gasteiger partial charge < -0.3 is 20.7 Å². The second-order valence-electron chi connectivity index (χ2n) is 5.07. The first kappa shape index (κ1) is 22.6. The molecule has 0 saturated carbocycles. The molecule has 0 radical (unpaired) electrons. The second-order valence-corrected chi connectivity index (χ2v) is 5.07. The summed E-state index contributed by atoms with van der Waals surface area (Å²) in [5.74, 6) is 0.508. The van der Waals surface area contributed by atoms with Crippen LogP contribution in [0, 0.1) is 0 Å². The van der Waals surface area contributed by atoms with Crippen molar-refractivity contribution in [2.24, 2.45) is 4.99 Å². The van der Waals surface area contributed by atoms with Gasteiger partial charge in [-0.25, -0.2) is 4.99 Å². The molecule has 1 rings (SSSR count). The van der Waals surface area contributed by atoms with Gasteiger partial charge in [0, 0.05) is 32.5 Å². The van der Waals surface area contributed by atoms with Crippen molar-refractivity contribution in [2.45, 2.75) is 26.7 Å². The van der Waals surface area contributed by atoms with Gasteiger partial charge in [-0.15, -0.1) is 24.0 Å². The normalized spacial score (nSPS) is 10.7. The largest absolute Gasteiger partial charge is 0.385 e. The Hall–Kier alpha value is -1.35. The summed E-state index contributed by atoms with van der Waals surface area (Å²) in [6, 6.07) is 7.85. The number of halogens is 1. The molecule has 6 nitrogen and oxygen atoms in total.